The van der Waals surface area contributed by atoms with E-state index in [9.17, 15) is 4.79 Å². The number of methoxy groups -OCH3 is 1. The van der Waals surface area contributed by atoms with Crippen LogP contribution in [0.1, 0.15) is 15.5 Å². The Morgan fingerprint density at radius 2 is 2.25 bits per heavy atom. The molecule has 0 bridgehead atoms. The number of rotatable bonds is 3. The summed E-state index contributed by atoms with van der Waals surface area (Å²) in [6.45, 7) is 0.474. The number of hydrogen-bond donors (Lipinski definition) is 0. The molecule has 0 aliphatic heterocycles. The second kappa shape index (κ2) is 5.22. The average molecular weight is 308 g/mol. The van der Waals surface area contributed by atoms with Crippen molar-refractivity contribution in [1.29, 1.82) is 0 Å². The molecule has 0 fully saturated rings. The highest BCUT2D eigenvalue weighted by Crippen LogP contribution is 2.35. The minimum absolute atomic E-state index is 0.0460. The maximum absolute atomic E-state index is 11.3. The van der Waals surface area contributed by atoms with E-state index in [2.05, 4.69) is 14.8 Å². The molecule has 0 saturated carbocycles. The summed E-state index contributed by atoms with van der Waals surface area (Å²) in [5.41, 5.74) is 0. The standard InChI is InChI=1S/C13H10ClN3O2S/c1-19-13(18)12-15-7-17(16-12)6-10-11(14)8-4-2-3-5-9(8)20-10/h2-5,7H,6H2,1H3. The number of carbonyl (C=O) groups is 1. The van der Waals surface area contributed by atoms with Crippen LogP contribution in [0.15, 0.2) is 30.6 Å². The first-order chi connectivity index (χ1) is 9.69. The zero-order valence-corrected chi connectivity index (χ0v) is 12.1. The predicted octanol–water partition coefficient (Wildman–Crippen LogP) is 2.98. The van der Waals surface area contributed by atoms with Crippen LogP contribution < -0.4 is 0 Å². The average Bonchev–Trinajstić information content (AvgIpc) is 3.05. The first kappa shape index (κ1) is 13.1. The minimum atomic E-state index is -0.550. The predicted molar refractivity (Wildman–Crippen MR) is 77.3 cm³/mol. The summed E-state index contributed by atoms with van der Waals surface area (Å²) < 4.78 is 7.27. The number of esters is 1. The molecule has 1 aromatic carbocycles. The highest BCUT2D eigenvalue weighted by atomic mass is 35.5. The number of aromatic nitrogens is 3. The Bertz CT molecular complexity index is 781. The molecule has 0 atom stereocenters. The van der Waals surface area contributed by atoms with Crippen molar-refractivity contribution in [3.63, 3.8) is 0 Å². The van der Waals surface area contributed by atoms with Crippen molar-refractivity contribution in [3.05, 3.63) is 46.3 Å². The van der Waals surface area contributed by atoms with Gasteiger partial charge in [0, 0.05) is 15.0 Å². The molecule has 7 heteroatoms. The first-order valence-electron chi connectivity index (χ1n) is 5.82. The van der Waals surface area contributed by atoms with Gasteiger partial charge in [0.25, 0.3) is 5.82 Å². The lowest BCUT2D eigenvalue weighted by Gasteiger charge is -1.98. The third-order valence-electron chi connectivity index (χ3n) is 2.81. The molecule has 5 nitrogen and oxygen atoms in total. The van der Waals surface area contributed by atoms with Gasteiger partial charge in [-0.15, -0.1) is 16.4 Å². The smallest absolute Gasteiger partial charge is 0.377 e. The summed E-state index contributed by atoms with van der Waals surface area (Å²) in [6.07, 6.45) is 1.49. The van der Waals surface area contributed by atoms with Crippen LogP contribution in [0.4, 0.5) is 0 Å². The second-order valence-corrected chi connectivity index (χ2v) is 5.61. The molecule has 0 aliphatic rings. The van der Waals surface area contributed by atoms with Crippen molar-refractivity contribution in [2.24, 2.45) is 0 Å². The van der Waals surface area contributed by atoms with E-state index < -0.39 is 5.97 Å². The number of ether oxygens (including phenoxy) is 1. The summed E-state index contributed by atoms with van der Waals surface area (Å²) in [4.78, 5) is 16.2. The fourth-order valence-corrected chi connectivity index (χ4v) is 3.35. The molecule has 3 aromatic rings. The molecule has 0 spiro atoms. The number of fused-ring (bicyclic) bond motifs is 1. The Kier molecular flexibility index (Phi) is 3.42. The van der Waals surface area contributed by atoms with Gasteiger partial charge < -0.3 is 4.74 Å². The van der Waals surface area contributed by atoms with Crippen molar-refractivity contribution in [2.75, 3.05) is 7.11 Å². The van der Waals surface area contributed by atoms with Crippen LogP contribution in [0.25, 0.3) is 10.1 Å². The Morgan fingerprint density at radius 1 is 1.45 bits per heavy atom. The number of hydrogen-bond acceptors (Lipinski definition) is 5. The number of halogens is 1. The molecule has 20 heavy (non-hydrogen) atoms. The number of thiophene rings is 1. The van der Waals surface area contributed by atoms with Gasteiger partial charge in [0.1, 0.15) is 6.33 Å². The highest BCUT2D eigenvalue weighted by Gasteiger charge is 2.14. The Morgan fingerprint density at radius 3 is 3.00 bits per heavy atom. The Labute approximate surface area is 123 Å². The molecular formula is C13H10ClN3O2S. The van der Waals surface area contributed by atoms with Crippen LogP contribution in [-0.4, -0.2) is 27.8 Å². The van der Waals surface area contributed by atoms with Gasteiger partial charge in [-0.3, -0.25) is 0 Å². The zero-order valence-electron chi connectivity index (χ0n) is 10.5. The molecule has 0 unspecified atom stereocenters. The first-order valence-corrected chi connectivity index (χ1v) is 7.02. The molecule has 0 N–H and O–H groups in total. The van der Waals surface area contributed by atoms with E-state index in [1.54, 1.807) is 16.0 Å². The fourth-order valence-electron chi connectivity index (χ4n) is 1.87. The lowest BCUT2D eigenvalue weighted by Crippen LogP contribution is -2.06. The quantitative estimate of drug-likeness (QED) is 0.698. The Balaban J connectivity index is 1.91. The summed E-state index contributed by atoms with van der Waals surface area (Å²) in [5, 5.41) is 5.82. The maximum Gasteiger partial charge on any atom is 0.377 e. The third kappa shape index (κ3) is 2.28. The monoisotopic (exact) mass is 307 g/mol. The Hall–Kier alpha value is -1.92. The minimum Gasteiger partial charge on any atom is -0.463 e. The van der Waals surface area contributed by atoms with Gasteiger partial charge in [-0.2, -0.15) is 0 Å². The van der Waals surface area contributed by atoms with Crippen molar-refractivity contribution < 1.29 is 9.53 Å². The van der Waals surface area contributed by atoms with E-state index in [-0.39, 0.29) is 5.82 Å². The zero-order chi connectivity index (χ0) is 14.1. The van der Waals surface area contributed by atoms with Crippen molar-refractivity contribution in [1.82, 2.24) is 14.8 Å². The number of nitrogens with zero attached hydrogens (tertiary/aromatic N) is 3. The van der Waals surface area contributed by atoms with Gasteiger partial charge in [-0.05, 0) is 6.07 Å². The normalized spacial score (nSPS) is 10.9. The van der Waals surface area contributed by atoms with E-state index in [1.165, 1.54) is 13.4 Å². The highest BCUT2D eigenvalue weighted by molar-refractivity contribution is 7.19. The van der Waals surface area contributed by atoms with E-state index >= 15 is 0 Å². The lowest BCUT2D eigenvalue weighted by molar-refractivity contribution is 0.0586. The van der Waals surface area contributed by atoms with Crippen LogP contribution in [0.2, 0.25) is 5.02 Å². The summed E-state index contributed by atoms with van der Waals surface area (Å²) >= 11 is 7.97. The van der Waals surface area contributed by atoms with Crippen LogP contribution >= 0.6 is 22.9 Å². The SMILES string of the molecule is COC(=O)c1ncn(Cc2sc3ccccc3c2Cl)n1. The molecule has 3 rings (SSSR count). The van der Waals surface area contributed by atoms with Gasteiger partial charge in [-0.25, -0.2) is 14.5 Å². The van der Waals surface area contributed by atoms with Crippen LogP contribution in [0.3, 0.4) is 0 Å². The number of benzene rings is 1. The van der Waals surface area contributed by atoms with E-state index in [1.807, 2.05) is 24.3 Å². The molecule has 0 aliphatic carbocycles. The second-order valence-electron chi connectivity index (χ2n) is 4.09. The largest absolute Gasteiger partial charge is 0.463 e. The van der Waals surface area contributed by atoms with Crippen LogP contribution in [-0.2, 0) is 11.3 Å². The van der Waals surface area contributed by atoms with Crippen molar-refractivity contribution >= 4 is 39.0 Å². The molecule has 102 valence electrons. The van der Waals surface area contributed by atoms with Gasteiger partial charge in [-0.1, -0.05) is 29.8 Å². The van der Waals surface area contributed by atoms with Crippen molar-refractivity contribution in [3.8, 4) is 0 Å². The molecule has 2 heterocycles. The lowest BCUT2D eigenvalue weighted by atomic mass is 10.2. The van der Waals surface area contributed by atoms with Gasteiger partial charge in [0.2, 0.25) is 0 Å². The van der Waals surface area contributed by atoms with E-state index in [0.717, 1.165) is 20.0 Å². The van der Waals surface area contributed by atoms with Crippen LogP contribution in [0, 0.1) is 0 Å². The molecule has 2 aromatic heterocycles. The summed E-state index contributed by atoms with van der Waals surface area (Å²) in [7, 11) is 1.30. The molecule has 0 saturated heterocycles. The third-order valence-corrected chi connectivity index (χ3v) is 4.51. The van der Waals surface area contributed by atoms with Crippen molar-refractivity contribution in [2.45, 2.75) is 6.54 Å². The van der Waals surface area contributed by atoms with Gasteiger partial charge >= 0.3 is 5.97 Å². The maximum atomic E-state index is 11.3. The van der Waals surface area contributed by atoms with E-state index in [4.69, 9.17) is 11.6 Å². The van der Waals surface area contributed by atoms with Gasteiger partial charge in [0.05, 0.1) is 18.7 Å². The van der Waals surface area contributed by atoms with Crippen LogP contribution in [0.5, 0.6) is 0 Å². The molecular weight excluding hydrogens is 298 g/mol. The fraction of sp³-hybridized carbons (Fsp3) is 0.154. The number of carbonyl (C=O) groups excluding carboxylic acids is 1. The molecule has 0 amide bonds. The van der Waals surface area contributed by atoms with E-state index in [0.29, 0.717) is 6.54 Å². The topological polar surface area (TPSA) is 57.0 Å². The summed E-state index contributed by atoms with van der Waals surface area (Å²) in [6, 6.07) is 7.94. The summed E-state index contributed by atoms with van der Waals surface area (Å²) in [5.74, 6) is -0.504. The van der Waals surface area contributed by atoms with Gasteiger partial charge in [0.15, 0.2) is 0 Å². The molecule has 0 radical (unpaired) electrons.